The van der Waals surface area contributed by atoms with Gasteiger partial charge < -0.3 is 19.9 Å². The number of rotatable bonds is 7. The minimum atomic E-state index is -0.917. The maximum Gasteiger partial charge on any atom is 0.307 e. The molecule has 0 spiro atoms. The van der Waals surface area contributed by atoms with Gasteiger partial charge in [0.05, 0.1) is 17.8 Å². The first-order valence-corrected chi connectivity index (χ1v) is 11.8. The Hall–Kier alpha value is -3.72. The molecule has 35 heavy (non-hydrogen) atoms. The Bertz CT molecular complexity index is 1080. The highest BCUT2D eigenvalue weighted by Crippen LogP contribution is 2.29. The van der Waals surface area contributed by atoms with Crippen LogP contribution in [-0.2, 0) is 30.5 Å². The van der Waals surface area contributed by atoms with E-state index < -0.39 is 12.1 Å². The molecule has 0 saturated carbocycles. The number of carbonyl (C=O) groups is 4. The zero-order chi connectivity index (χ0) is 24.8. The molecule has 2 aliphatic heterocycles. The molecular formula is C26H30N4O5. The van der Waals surface area contributed by atoms with Crippen molar-refractivity contribution in [2.45, 2.75) is 32.4 Å². The predicted octanol–water partition coefficient (Wildman–Crippen LogP) is 2.03. The smallest absolute Gasteiger partial charge is 0.307 e. The highest BCUT2D eigenvalue weighted by Gasteiger charge is 2.29. The highest BCUT2D eigenvalue weighted by molar-refractivity contribution is 6.10. The number of piperazine rings is 1. The van der Waals surface area contributed by atoms with Gasteiger partial charge in [0, 0.05) is 39.1 Å². The summed E-state index contributed by atoms with van der Waals surface area (Å²) in [4.78, 5) is 55.1. The minimum absolute atomic E-state index is 0.101. The molecule has 2 aromatic carbocycles. The third-order valence-corrected chi connectivity index (χ3v) is 6.20. The van der Waals surface area contributed by atoms with Crippen LogP contribution in [0.1, 0.15) is 25.3 Å². The van der Waals surface area contributed by atoms with Gasteiger partial charge in [0.15, 0.2) is 6.10 Å². The number of nitrogens with zero attached hydrogens (tertiary/aromatic N) is 3. The molecule has 0 aromatic heterocycles. The fourth-order valence-corrected chi connectivity index (χ4v) is 4.33. The van der Waals surface area contributed by atoms with Gasteiger partial charge in [0.1, 0.15) is 6.54 Å². The lowest BCUT2D eigenvalue weighted by molar-refractivity contribution is -0.160. The molecule has 0 bridgehead atoms. The van der Waals surface area contributed by atoms with Crippen molar-refractivity contribution in [1.29, 1.82) is 0 Å². The van der Waals surface area contributed by atoms with Gasteiger partial charge in [0.2, 0.25) is 11.8 Å². The maximum absolute atomic E-state index is 12.8. The molecular weight excluding hydrogens is 448 g/mol. The molecule has 3 amide bonds. The molecule has 9 heteroatoms. The summed E-state index contributed by atoms with van der Waals surface area (Å²) in [5.41, 5.74) is 2.39. The van der Waals surface area contributed by atoms with E-state index in [1.54, 1.807) is 36.1 Å². The van der Waals surface area contributed by atoms with Crippen LogP contribution in [-0.4, -0.2) is 72.3 Å². The van der Waals surface area contributed by atoms with E-state index >= 15 is 0 Å². The van der Waals surface area contributed by atoms with E-state index in [0.29, 0.717) is 24.5 Å². The molecule has 2 heterocycles. The van der Waals surface area contributed by atoms with Gasteiger partial charge in [-0.15, -0.1) is 0 Å². The number of benzene rings is 2. The number of anilines is 2. The van der Waals surface area contributed by atoms with Gasteiger partial charge in [-0.2, -0.15) is 0 Å². The van der Waals surface area contributed by atoms with Crippen molar-refractivity contribution in [2.75, 3.05) is 42.9 Å². The molecule has 0 radical (unpaired) electrons. The second kappa shape index (κ2) is 11.1. The monoisotopic (exact) mass is 478 g/mol. The standard InChI is InChI=1S/C26H30N4O5/c1-19(26(34)29-15-13-28(14-16-29)17-20-7-3-2-4-8-20)35-25(33)12-11-24(32)30-18-23(31)27-21-9-5-6-10-22(21)30/h2-10,19H,11-18H2,1H3,(H,27,31). The number of hydrogen-bond acceptors (Lipinski definition) is 6. The maximum atomic E-state index is 12.8. The van der Waals surface area contributed by atoms with Gasteiger partial charge >= 0.3 is 5.97 Å². The first-order chi connectivity index (χ1) is 16.9. The summed E-state index contributed by atoms with van der Waals surface area (Å²) in [6, 6.07) is 17.2. The van der Waals surface area contributed by atoms with Crippen molar-refractivity contribution in [3.05, 3.63) is 60.2 Å². The average molecular weight is 479 g/mol. The third-order valence-electron chi connectivity index (χ3n) is 6.20. The summed E-state index contributed by atoms with van der Waals surface area (Å²) in [5.74, 6) is -1.48. The number of para-hydroxylation sites is 2. The molecule has 184 valence electrons. The fourth-order valence-electron chi connectivity index (χ4n) is 4.33. The Morgan fingerprint density at radius 1 is 0.943 bits per heavy atom. The fraction of sp³-hybridized carbons (Fsp3) is 0.385. The summed E-state index contributed by atoms with van der Waals surface area (Å²) in [7, 11) is 0. The number of esters is 1. The van der Waals surface area contributed by atoms with Gasteiger partial charge in [-0.05, 0) is 24.6 Å². The molecule has 2 aromatic rings. The summed E-state index contributed by atoms with van der Waals surface area (Å²) in [6.45, 7) is 4.94. The molecule has 1 unspecified atom stereocenters. The molecule has 1 fully saturated rings. The predicted molar refractivity (Wildman–Crippen MR) is 131 cm³/mol. The second-order valence-corrected chi connectivity index (χ2v) is 8.76. The van der Waals surface area contributed by atoms with E-state index in [9.17, 15) is 19.2 Å². The lowest BCUT2D eigenvalue weighted by Gasteiger charge is -2.35. The SMILES string of the molecule is CC(OC(=O)CCC(=O)N1CC(=O)Nc2ccccc21)C(=O)N1CCN(Cc2ccccc2)CC1. The van der Waals surface area contributed by atoms with Gasteiger partial charge in [0.25, 0.3) is 5.91 Å². The zero-order valence-corrected chi connectivity index (χ0v) is 19.8. The van der Waals surface area contributed by atoms with Crippen LogP contribution in [0.5, 0.6) is 0 Å². The van der Waals surface area contributed by atoms with Crippen molar-refractivity contribution in [2.24, 2.45) is 0 Å². The summed E-state index contributed by atoms with van der Waals surface area (Å²) >= 11 is 0. The molecule has 1 atom stereocenters. The second-order valence-electron chi connectivity index (χ2n) is 8.76. The van der Waals surface area contributed by atoms with Crippen molar-refractivity contribution in [3.8, 4) is 0 Å². The highest BCUT2D eigenvalue weighted by atomic mass is 16.5. The van der Waals surface area contributed by atoms with Crippen molar-refractivity contribution >= 4 is 35.1 Å². The molecule has 0 aliphatic carbocycles. The summed E-state index contributed by atoms with van der Waals surface area (Å²) < 4.78 is 5.32. The number of nitrogens with one attached hydrogen (secondary N) is 1. The van der Waals surface area contributed by atoms with E-state index in [1.165, 1.54) is 10.5 Å². The van der Waals surface area contributed by atoms with Crippen LogP contribution in [0.2, 0.25) is 0 Å². The quantitative estimate of drug-likeness (QED) is 0.612. The Morgan fingerprint density at radius 2 is 1.63 bits per heavy atom. The van der Waals surface area contributed by atoms with E-state index in [4.69, 9.17) is 4.74 Å². The topological polar surface area (TPSA) is 99.3 Å². The van der Waals surface area contributed by atoms with Crippen molar-refractivity contribution in [3.63, 3.8) is 0 Å². The van der Waals surface area contributed by atoms with Crippen LogP contribution in [0.3, 0.4) is 0 Å². The lowest BCUT2D eigenvalue weighted by atomic mass is 10.1. The summed E-state index contributed by atoms with van der Waals surface area (Å²) in [5, 5.41) is 2.72. The Morgan fingerprint density at radius 3 is 2.37 bits per heavy atom. The van der Waals surface area contributed by atoms with Crippen LogP contribution in [0.4, 0.5) is 11.4 Å². The molecule has 4 rings (SSSR count). The Kier molecular flexibility index (Phi) is 7.77. The third kappa shape index (κ3) is 6.24. The van der Waals surface area contributed by atoms with Gasteiger partial charge in [-0.1, -0.05) is 42.5 Å². The van der Waals surface area contributed by atoms with E-state index in [1.807, 2.05) is 18.2 Å². The van der Waals surface area contributed by atoms with E-state index in [2.05, 4.69) is 22.3 Å². The number of hydrogen-bond donors (Lipinski definition) is 1. The average Bonchev–Trinajstić information content (AvgIpc) is 2.87. The number of amides is 3. The largest absolute Gasteiger partial charge is 0.453 e. The Labute approximate surface area is 204 Å². The molecule has 2 aliphatic rings. The lowest BCUT2D eigenvalue weighted by Crippen LogP contribution is -2.51. The number of fused-ring (bicyclic) bond motifs is 1. The molecule has 1 saturated heterocycles. The van der Waals surface area contributed by atoms with Crippen molar-refractivity contribution in [1.82, 2.24) is 9.80 Å². The Balaban J connectivity index is 1.21. The first kappa shape index (κ1) is 24.4. The van der Waals surface area contributed by atoms with Crippen LogP contribution in [0, 0.1) is 0 Å². The zero-order valence-electron chi connectivity index (χ0n) is 19.8. The first-order valence-electron chi connectivity index (χ1n) is 11.8. The van der Waals surface area contributed by atoms with Gasteiger partial charge in [-0.3, -0.25) is 24.1 Å². The van der Waals surface area contributed by atoms with Crippen LogP contribution in [0.15, 0.2) is 54.6 Å². The number of carbonyl (C=O) groups excluding carboxylic acids is 4. The minimum Gasteiger partial charge on any atom is -0.453 e. The van der Waals surface area contributed by atoms with E-state index in [0.717, 1.165) is 19.6 Å². The number of ether oxygens (including phenoxy) is 1. The molecule has 9 nitrogen and oxygen atoms in total. The van der Waals surface area contributed by atoms with Crippen LogP contribution in [0.25, 0.3) is 0 Å². The van der Waals surface area contributed by atoms with Crippen LogP contribution >= 0.6 is 0 Å². The van der Waals surface area contributed by atoms with Crippen molar-refractivity contribution < 1.29 is 23.9 Å². The van der Waals surface area contributed by atoms with Crippen LogP contribution < -0.4 is 10.2 Å². The summed E-state index contributed by atoms with van der Waals surface area (Å²) in [6.07, 6.45) is -1.19. The normalized spacial score (nSPS) is 16.8. The van der Waals surface area contributed by atoms with Gasteiger partial charge in [-0.25, -0.2) is 0 Å². The van der Waals surface area contributed by atoms with E-state index in [-0.39, 0.29) is 37.1 Å². The molecule has 1 N–H and O–H groups in total.